The number of benzene rings is 1. The number of amides is 1. The van der Waals surface area contributed by atoms with Gasteiger partial charge in [0.25, 0.3) is 0 Å². The summed E-state index contributed by atoms with van der Waals surface area (Å²) in [5.74, 6) is 0.0706. The summed E-state index contributed by atoms with van der Waals surface area (Å²) in [5, 5.41) is 6.14. The summed E-state index contributed by atoms with van der Waals surface area (Å²) in [6, 6.07) is 6.30. The minimum Gasteiger partial charge on any atom is -0.355 e. The van der Waals surface area contributed by atoms with Crippen molar-refractivity contribution in [2.75, 3.05) is 6.54 Å². The number of aryl methyl sites for hydroxylation is 2. The van der Waals surface area contributed by atoms with Crippen LogP contribution in [-0.2, 0) is 11.3 Å². The Labute approximate surface area is 110 Å². The minimum atomic E-state index is -0.155. The van der Waals surface area contributed by atoms with Crippen LogP contribution in [0.25, 0.3) is 0 Å². The van der Waals surface area contributed by atoms with Crippen molar-refractivity contribution in [1.82, 2.24) is 10.6 Å². The molecular formula is C15H24N2O. The monoisotopic (exact) mass is 248 g/mol. The van der Waals surface area contributed by atoms with Crippen LogP contribution in [0.15, 0.2) is 18.2 Å². The van der Waals surface area contributed by atoms with Crippen LogP contribution in [0, 0.1) is 13.8 Å². The first-order valence-corrected chi connectivity index (χ1v) is 6.61. The van der Waals surface area contributed by atoms with Gasteiger partial charge in [0.05, 0.1) is 6.04 Å². The van der Waals surface area contributed by atoms with Crippen molar-refractivity contribution in [3.8, 4) is 0 Å². The van der Waals surface area contributed by atoms with Crippen LogP contribution in [0.2, 0.25) is 0 Å². The van der Waals surface area contributed by atoms with E-state index in [1.807, 2.05) is 13.8 Å². The Morgan fingerprint density at radius 2 is 1.83 bits per heavy atom. The Balaban J connectivity index is 2.46. The molecule has 1 rings (SSSR count). The maximum Gasteiger partial charge on any atom is 0.236 e. The lowest BCUT2D eigenvalue weighted by molar-refractivity contribution is -0.122. The fraction of sp³-hybridized carbons (Fsp3) is 0.533. The predicted molar refractivity (Wildman–Crippen MR) is 75.5 cm³/mol. The molecule has 0 aliphatic heterocycles. The molecule has 1 aromatic carbocycles. The second-order valence-electron chi connectivity index (χ2n) is 4.89. The van der Waals surface area contributed by atoms with Crippen molar-refractivity contribution >= 4 is 5.91 Å². The molecule has 18 heavy (non-hydrogen) atoms. The van der Waals surface area contributed by atoms with Gasteiger partial charge in [0.1, 0.15) is 0 Å². The topological polar surface area (TPSA) is 41.1 Å². The number of carbonyl (C=O) groups is 1. The zero-order valence-corrected chi connectivity index (χ0v) is 11.8. The van der Waals surface area contributed by atoms with E-state index in [2.05, 4.69) is 42.7 Å². The smallest absolute Gasteiger partial charge is 0.236 e. The molecular weight excluding hydrogens is 224 g/mol. The van der Waals surface area contributed by atoms with Gasteiger partial charge in [0, 0.05) is 13.1 Å². The van der Waals surface area contributed by atoms with Crippen LogP contribution < -0.4 is 10.6 Å². The molecule has 0 heterocycles. The molecule has 100 valence electrons. The van der Waals surface area contributed by atoms with Crippen molar-refractivity contribution in [1.29, 1.82) is 0 Å². The molecule has 1 aromatic rings. The highest BCUT2D eigenvalue weighted by molar-refractivity contribution is 5.81. The van der Waals surface area contributed by atoms with E-state index in [-0.39, 0.29) is 11.9 Å². The fourth-order valence-corrected chi connectivity index (χ4v) is 1.94. The zero-order chi connectivity index (χ0) is 13.5. The molecule has 0 saturated carbocycles. The summed E-state index contributed by atoms with van der Waals surface area (Å²) in [7, 11) is 0. The Hall–Kier alpha value is -1.35. The second kappa shape index (κ2) is 7.17. The van der Waals surface area contributed by atoms with Gasteiger partial charge in [0.2, 0.25) is 5.91 Å². The molecule has 0 radical (unpaired) electrons. The van der Waals surface area contributed by atoms with E-state index in [0.717, 1.165) is 19.5 Å². The van der Waals surface area contributed by atoms with E-state index in [4.69, 9.17) is 0 Å². The summed E-state index contributed by atoms with van der Waals surface area (Å²) in [4.78, 5) is 11.7. The molecule has 0 spiro atoms. The molecule has 3 nitrogen and oxygen atoms in total. The van der Waals surface area contributed by atoms with Crippen molar-refractivity contribution in [2.24, 2.45) is 0 Å². The number of hydrogen-bond donors (Lipinski definition) is 2. The average molecular weight is 248 g/mol. The maximum atomic E-state index is 11.7. The molecule has 3 heteroatoms. The van der Waals surface area contributed by atoms with Crippen LogP contribution in [0.3, 0.4) is 0 Å². The van der Waals surface area contributed by atoms with Gasteiger partial charge in [-0.1, -0.05) is 36.2 Å². The number of rotatable bonds is 6. The van der Waals surface area contributed by atoms with Crippen molar-refractivity contribution in [2.45, 2.75) is 46.7 Å². The molecule has 2 N–H and O–H groups in total. The van der Waals surface area contributed by atoms with Crippen molar-refractivity contribution < 1.29 is 4.79 Å². The first-order valence-electron chi connectivity index (χ1n) is 6.61. The molecule has 0 fully saturated rings. The quantitative estimate of drug-likeness (QED) is 0.811. The minimum absolute atomic E-state index is 0.0706. The summed E-state index contributed by atoms with van der Waals surface area (Å²) >= 11 is 0. The Kier molecular flexibility index (Phi) is 5.86. The van der Waals surface area contributed by atoms with E-state index in [1.165, 1.54) is 16.7 Å². The van der Waals surface area contributed by atoms with Crippen LogP contribution in [0.1, 0.15) is 37.0 Å². The van der Waals surface area contributed by atoms with Gasteiger partial charge in [-0.2, -0.15) is 0 Å². The highest BCUT2D eigenvalue weighted by atomic mass is 16.2. The molecule has 0 bridgehead atoms. The number of hydrogen-bond acceptors (Lipinski definition) is 2. The molecule has 0 aromatic heterocycles. The lowest BCUT2D eigenvalue weighted by Crippen LogP contribution is -2.42. The summed E-state index contributed by atoms with van der Waals surface area (Å²) in [5.41, 5.74) is 3.74. The van der Waals surface area contributed by atoms with Crippen molar-refractivity contribution in [3.63, 3.8) is 0 Å². The van der Waals surface area contributed by atoms with Gasteiger partial charge in [0.15, 0.2) is 0 Å². The van der Waals surface area contributed by atoms with Crippen LogP contribution in [-0.4, -0.2) is 18.5 Å². The number of nitrogens with one attached hydrogen (secondary N) is 2. The molecule has 0 aliphatic carbocycles. The fourth-order valence-electron chi connectivity index (χ4n) is 1.94. The highest BCUT2D eigenvalue weighted by Gasteiger charge is 2.10. The molecule has 1 amide bonds. The third-order valence-electron chi connectivity index (χ3n) is 2.84. The van der Waals surface area contributed by atoms with E-state index in [0.29, 0.717) is 0 Å². The molecule has 0 aliphatic rings. The average Bonchev–Trinajstić information content (AvgIpc) is 2.31. The Morgan fingerprint density at radius 1 is 1.22 bits per heavy atom. The second-order valence-corrected chi connectivity index (χ2v) is 4.89. The standard InChI is InChI=1S/C15H24N2O/c1-5-6-16-15(18)13(4)17-10-14-8-11(2)7-12(3)9-14/h7-9,13,17H,5-6,10H2,1-4H3,(H,16,18). The maximum absolute atomic E-state index is 11.7. The Morgan fingerprint density at radius 3 is 2.39 bits per heavy atom. The zero-order valence-electron chi connectivity index (χ0n) is 11.8. The third-order valence-corrected chi connectivity index (χ3v) is 2.84. The van der Waals surface area contributed by atoms with Crippen LogP contribution in [0.4, 0.5) is 0 Å². The van der Waals surface area contributed by atoms with E-state index in [1.54, 1.807) is 0 Å². The Bertz CT molecular complexity index is 381. The third kappa shape index (κ3) is 4.88. The van der Waals surface area contributed by atoms with Gasteiger partial charge >= 0.3 is 0 Å². The first-order chi connectivity index (χ1) is 8.52. The van der Waals surface area contributed by atoms with Gasteiger partial charge in [-0.3, -0.25) is 4.79 Å². The summed E-state index contributed by atoms with van der Waals surface area (Å²) in [6.07, 6.45) is 0.968. The normalized spacial score (nSPS) is 12.2. The number of carbonyl (C=O) groups excluding carboxylic acids is 1. The first kappa shape index (κ1) is 14.7. The molecule has 0 saturated heterocycles. The lowest BCUT2D eigenvalue weighted by Gasteiger charge is -2.14. The molecule has 1 atom stereocenters. The predicted octanol–water partition coefficient (Wildman–Crippen LogP) is 2.31. The largest absolute Gasteiger partial charge is 0.355 e. The summed E-state index contributed by atoms with van der Waals surface area (Å²) < 4.78 is 0. The SMILES string of the molecule is CCCNC(=O)C(C)NCc1cc(C)cc(C)c1. The van der Waals surface area contributed by atoms with Crippen LogP contribution in [0.5, 0.6) is 0 Å². The lowest BCUT2D eigenvalue weighted by atomic mass is 10.1. The van der Waals surface area contributed by atoms with Crippen LogP contribution >= 0.6 is 0 Å². The van der Waals surface area contributed by atoms with E-state index in [9.17, 15) is 4.79 Å². The van der Waals surface area contributed by atoms with Gasteiger partial charge in [-0.05, 0) is 32.8 Å². The van der Waals surface area contributed by atoms with E-state index < -0.39 is 0 Å². The highest BCUT2D eigenvalue weighted by Crippen LogP contribution is 2.08. The summed E-state index contributed by atoms with van der Waals surface area (Å²) in [6.45, 7) is 9.60. The van der Waals surface area contributed by atoms with Crippen molar-refractivity contribution in [3.05, 3.63) is 34.9 Å². The van der Waals surface area contributed by atoms with Gasteiger partial charge in [-0.25, -0.2) is 0 Å². The van der Waals surface area contributed by atoms with Gasteiger partial charge < -0.3 is 10.6 Å². The van der Waals surface area contributed by atoms with Gasteiger partial charge in [-0.15, -0.1) is 0 Å². The molecule has 1 unspecified atom stereocenters. The van der Waals surface area contributed by atoms with E-state index >= 15 is 0 Å².